The second-order valence-corrected chi connectivity index (χ2v) is 5.25. The van der Waals surface area contributed by atoms with Crippen LogP contribution in [-0.2, 0) is 11.2 Å². The first-order valence-electron chi connectivity index (χ1n) is 6.89. The number of phenols is 1. The molecule has 4 nitrogen and oxygen atoms in total. The van der Waals surface area contributed by atoms with E-state index in [2.05, 4.69) is 5.32 Å². The van der Waals surface area contributed by atoms with Gasteiger partial charge in [0.15, 0.2) is 0 Å². The smallest absolute Gasteiger partial charge is 0.227 e. The topological polar surface area (TPSA) is 52.6 Å². The maximum absolute atomic E-state index is 12.3. The maximum Gasteiger partial charge on any atom is 0.227 e. The number of piperidine rings is 1. The van der Waals surface area contributed by atoms with E-state index in [1.165, 1.54) is 6.42 Å². The minimum Gasteiger partial charge on any atom is -0.508 e. The van der Waals surface area contributed by atoms with Gasteiger partial charge in [-0.1, -0.05) is 12.1 Å². The van der Waals surface area contributed by atoms with Crippen molar-refractivity contribution in [2.24, 2.45) is 5.92 Å². The fourth-order valence-electron chi connectivity index (χ4n) is 2.70. The highest BCUT2D eigenvalue weighted by atomic mass is 16.3. The summed E-state index contributed by atoms with van der Waals surface area (Å²) < 4.78 is 0. The van der Waals surface area contributed by atoms with Gasteiger partial charge in [-0.05, 0) is 50.0 Å². The average molecular weight is 262 g/mol. The zero-order valence-corrected chi connectivity index (χ0v) is 11.4. The van der Waals surface area contributed by atoms with Gasteiger partial charge in [0.25, 0.3) is 0 Å². The number of nitrogens with one attached hydrogen (secondary N) is 1. The second-order valence-electron chi connectivity index (χ2n) is 5.25. The number of phenolic OH excluding ortho intramolecular Hbond substituents is 1. The van der Waals surface area contributed by atoms with Gasteiger partial charge >= 0.3 is 0 Å². The van der Waals surface area contributed by atoms with Crippen molar-refractivity contribution in [3.8, 4) is 5.75 Å². The number of hydrogen-bond acceptors (Lipinski definition) is 3. The lowest BCUT2D eigenvalue weighted by Gasteiger charge is -2.32. The van der Waals surface area contributed by atoms with Crippen LogP contribution in [0.25, 0.3) is 0 Å². The Morgan fingerprint density at radius 1 is 1.53 bits per heavy atom. The van der Waals surface area contributed by atoms with Gasteiger partial charge in [-0.15, -0.1) is 0 Å². The number of hydrogen-bond donors (Lipinski definition) is 2. The van der Waals surface area contributed by atoms with E-state index >= 15 is 0 Å². The Morgan fingerprint density at radius 2 is 2.37 bits per heavy atom. The normalized spacial score (nSPS) is 19.4. The lowest BCUT2D eigenvalue weighted by molar-refractivity contribution is -0.132. The Hall–Kier alpha value is -1.55. The Kier molecular flexibility index (Phi) is 4.80. The van der Waals surface area contributed by atoms with Crippen molar-refractivity contribution in [3.63, 3.8) is 0 Å². The molecule has 1 aliphatic rings. The molecule has 2 rings (SSSR count). The monoisotopic (exact) mass is 262 g/mol. The standard InChI is InChI=1S/C15H22N2O2/c1-16-10-13-5-3-7-17(11-13)15(19)9-12-4-2-6-14(18)8-12/h2,4,6,8,13,16,18H,3,5,7,9-11H2,1H3. The van der Waals surface area contributed by atoms with E-state index in [-0.39, 0.29) is 11.7 Å². The zero-order chi connectivity index (χ0) is 13.7. The fourth-order valence-corrected chi connectivity index (χ4v) is 2.70. The first-order chi connectivity index (χ1) is 9.19. The van der Waals surface area contributed by atoms with Crippen LogP contribution in [0.15, 0.2) is 24.3 Å². The Bertz CT molecular complexity index is 432. The lowest BCUT2D eigenvalue weighted by atomic mass is 9.97. The summed E-state index contributed by atoms with van der Waals surface area (Å²) in [5, 5.41) is 12.6. The summed E-state index contributed by atoms with van der Waals surface area (Å²) in [5.74, 6) is 0.940. The summed E-state index contributed by atoms with van der Waals surface area (Å²) in [7, 11) is 1.95. The van der Waals surface area contributed by atoms with Crippen molar-refractivity contribution in [1.29, 1.82) is 0 Å². The van der Waals surface area contributed by atoms with Crippen LogP contribution in [-0.4, -0.2) is 42.6 Å². The summed E-state index contributed by atoms with van der Waals surface area (Å²) in [6, 6.07) is 6.94. The minimum atomic E-state index is 0.159. The summed E-state index contributed by atoms with van der Waals surface area (Å²) in [6.07, 6.45) is 2.65. The zero-order valence-electron chi connectivity index (χ0n) is 11.4. The number of rotatable bonds is 4. The Labute approximate surface area is 114 Å². The van der Waals surface area contributed by atoms with Crippen LogP contribution in [0.2, 0.25) is 0 Å². The van der Waals surface area contributed by atoms with Crippen molar-refractivity contribution in [2.45, 2.75) is 19.3 Å². The molecule has 1 atom stereocenters. The molecule has 1 aliphatic heterocycles. The van der Waals surface area contributed by atoms with E-state index in [0.717, 1.165) is 31.6 Å². The number of likely N-dealkylation sites (tertiary alicyclic amines) is 1. The molecule has 19 heavy (non-hydrogen) atoms. The van der Waals surface area contributed by atoms with Crippen LogP contribution >= 0.6 is 0 Å². The van der Waals surface area contributed by atoms with Gasteiger partial charge in [0, 0.05) is 13.1 Å². The van der Waals surface area contributed by atoms with Gasteiger partial charge in [-0.3, -0.25) is 4.79 Å². The van der Waals surface area contributed by atoms with Crippen molar-refractivity contribution in [1.82, 2.24) is 10.2 Å². The molecular formula is C15H22N2O2. The van der Waals surface area contributed by atoms with E-state index in [9.17, 15) is 9.90 Å². The maximum atomic E-state index is 12.3. The van der Waals surface area contributed by atoms with E-state index in [1.807, 2.05) is 18.0 Å². The van der Waals surface area contributed by atoms with Crippen LogP contribution in [0.1, 0.15) is 18.4 Å². The van der Waals surface area contributed by atoms with E-state index in [0.29, 0.717) is 12.3 Å². The Balaban J connectivity index is 1.92. The van der Waals surface area contributed by atoms with Gasteiger partial charge < -0.3 is 15.3 Å². The van der Waals surface area contributed by atoms with Crippen molar-refractivity contribution in [3.05, 3.63) is 29.8 Å². The third-order valence-electron chi connectivity index (χ3n) is 3.63. The lowest BCUT2D eigenvalue weighted by Crippen LogP contribution is -2.43. The molecule has 1 saturated heterocycles. The third kappa shape index (κ3) is 3.96. The van der Waals surface area contributed by atoms with Crippen molar-refractivity contribution in [2.75, 3.05) is 26.7 Å². The summed E-state index contributed by atoms with van der Waals surface area (Å²) in [6.45, 7) is 2.67. The average Bonchev–Trinajstić information content (AvgIpc) is 2.39. The largest absolute Gasteiger partial charge is 0.508 e. The first-order valence-corrected chi connectivity index (χ1v) is 6.89. The minimum absolute atomic E-state index is 0.159. The molecule has 2 N–H and O–H groups in total. The molecule has 0 spiro atoms. The molecule has 0 bridgehead atoms. The number of carbonyl (C=O) groups is 1. The summed E-state index contributed by atoms with van der Waals surface area (Å²) in [4.78, 5) is 14.2. The summed E-state index contributed by atoms with van der Waals surface area (Å²) >= 11 is 0. The van der Waals surface area contributed by atoms with Gasteiger partial charge in [0.05, 0.1) is 6.42 Å². The molecule has 1 unspecified atom stereocenters. The molecule has 0 radical (unpaired) electrons. The third-order valence-corrected chi connectivity index (χ3v) is 3.63. The highest BCUT2D eigenvalue weighted by molar-refractivity contribution is 5.79. The quantitative estimate of drug-likeness (QED) is 0.862. The van der Waals surface area contributed by atoms with E-state index < -0.39 is 0 Å². The molecule has 104 valence electrons. The van der Waals surface area contributed by atoms with Gasteiger partial charge in [0.2, 0.25) is 5.91 Å². The van der Waals surface area contributed by atoms with E-state index in [4.69, 9.17) is 0 Å². The molecule has 1 heterocycles. The molecule has 0 aromatic heterocycles. The fraction of sp³-hybridized carbons (Fsp3) is 0.533. The molecule has 0 saturated carbocycles. The predicted octanol–water partition coefficient (Wildman–Crippen LogP) is 1.39. The molecule has 0 aliphatic carbocycles. The number of carbonyl (C=O) groups excluding carboxylic acids is 1. The number of nitrogens with zero attached hydrogens (tertiary/aromatic N) is 1. The van der Waals surface area contributed by atoms with Gasteiger partial charge in [0.1, 0.15) is 5.75 Å². The van der Waals surface area contributed by atoms with Crippen LogP contribution in [0.4, 0.5) is 0 Å². The van der Waals surface area contributed by atoms with Crippen LogP contribution in [0.3, 0.4) is 0 Å². The van der Waals surface area contributed by atoms with Crippen molar-refractivity contribution < 1.29 is 9.90 Å². The van der Waals surface area contributed by atoms with Gasteiger partial charge in [-0.2, -0.15) is 0 Å². The molecule has 1 amide bonds. The molecule has 4 heteroatoms. The number of aromatic hydroxyl groups is 1. The van der Waals surface area contributed by atoms with E-state index in [1.54, 1.807) is 18.2 Å². The van der Waals surface area contributed by atoms with Crippen LogP contribution in [0, 0.1) is 5.92 Å². The molecule has 1 fully saturated rings. The molecular weight excluding hydrogens is 240 g/mol. The summed E-state index contributed by atoms with van der Waals surface area (Å²) in [5.41, 5.74) is 0.876. The van der Waals surface area contributed by atoms with Crippen LogP contribution in [0.5, 0.6) is 5.75 Å². The number of amides is 1. The SMILES string of the molecule is CNCC1CCCN(C(=O)Cc2cccc(O)c2)C1. The molecule has 1 aromatic rings. The van der Waals surface area contributed by atoms with Gasteiger partial charge in [-0.25, -0.2) is 0 Å². The Morgan fingerprint density at radius 3 is 3.11 bits per heavy atom. The van der Waals surface area contributed by atoms with Crippen molar-refractivity contribution >= 4 is 5.91 Å². The molecule has 1 aromatic carbocycles. The predicted molar refractivity (Wildman–Crippen MR) is 75.0 cm³/mol. The van der Waals surface area contributed by atoms with Crippen LogP contribution < -0.4 is 5.32 Å². The highest BCUT2D eigenvalue weighted by Crippen LogP contribution is 2.18. The number of benzene rings is 1. The highest BCUT2D eigenvalue weighted by Gasteiger charge is 2.23. The second kappa shape index (κ2) is 6.57. The first kappa shape index (κ1) is 13.9.